The Morgan fingerprint density at radius 3 is 2.67 bits per heavy atom. The van der Waals surface area contributed by atoms with Gasteiger partial charge >= 0.3 is 0 Å². The quantitative estimate of drug-likeness (QED) is 0.750. The predicted octanol–water partition coefficient (Wildman–Crippen LogP) is 2.27. The van der Waals surface area contributed by atoms with Gasteiger partial charge < -0.3 is 10.4 Å². The van der Waals surface area contributed by atoms with E-state index < -0.39 is 17.2 Å². The molecule has 0 radical (unpaired) electrons. The summed E-state index contributed by atoms with van der Waals surface area (Å²) in [5.41, 5.74) is -0.414. The molecule has 0 amide bonds. The number of rotatable bonds is 1. The van der Waals surface area contributed by atoms with E-state index in [4.69, 9.17) is 0 Å². The molecule has 0 bridgehead atoms. The molecule has 82 valence electrons. The third-order valence-corrected chi connectivity index (χ3v) is 2.95. The Bertz CT molecular complexity index is 363. The van der Waals surface area contributed by atoms with Crippen LogP contribution in [-0.2, 0) is 5.54 Å². The molecule has 0 aromatic heterocycles. The number of hydrogen-bond donors (Lipinski definition) is 2. The van der Waals surface area contributed by atoms with Gasteiger partial charge in [0.25, 0.3) is 0 Å². The first kappa shape index (κ1) is 10.4. The van der Waals surface area contributed by atoms with E-state index in [1.165, 1.54) is 0 Å². The number of phenols is 1. The molecule has 0 aliphatic carbocycles. The van der Waals surface area contributed by atoms with Crippen LogP contribution in [0.1, 0.15) is 25.3 Å². The molecule has 1 atom stereocenters. The van der Waals surface area contributed by atoms with Crippen LogP contribution in [0.15, 0.2) is 12.1 Å². The summed E-state index contributed by atoms with van der Waals surface area (Å²) in [6.45, 7) is 2.60. The SMILES string of the molecule is CC1(c2c(O)cc(F)cc2F)CCCN1. The summed E-state index contributed by atoms with van der Waals surface area (Å²) >= 11 is 0. The largest absolute Gasteiger partial charge is 0.507 e. The van der Waals surface area contributed by atoms with Crippen molar-refractivity contribution in [2.45, 2.75) is 25.3 Å². The van der Waals surface area contributed by atoms with Crippen LogP contribution in [0.5, 0.6) is 5.75 Å². The molecule has 2 rings (SSSR count). The summed E-state index contributed by atoms with van der Waals surface area (Å²) in [5, 5.41) is 12.7. The van der Waals surface area contributed by atoms with E-state index in [2.05, 4.69) is 5.32 Å². The molecule has 15 heavy (non-hydrogen) atoms. The lowest BCUT2D eigenvalue weighted by Crippen LogP contribution is -2.34. The van der Waals surface area contributed by atoms with Crippen molar-refractivity contribution in [3.8, 4) is 5.75 Å². The van der Waals surface area contributed by atoms with Crippen LogP contribution >= 0.6 is 0 Å². The molecule has 1 aliphatic rings. The van der Waals surface area contributed by atoms with Gasteiger partial charge in [-0.3, -0.25) is 0 Å². The average molecular weight is 213 g/mol. The molecule has 1 saturated heterocycles. The number of nitrogens with one attached hydrogen (secondary N) is 1. The van der Waals surface area contributed by atoms with Gasteiger partial charge in [0.1, 0.15) is 17.4 Å². The van der Waals surface area contributed by atoms with Crippen molar-refractivity contribution in [1.29, 1.82) is 0 Å². The van der Waals surface area contributed by atoms with Crippen molar-refractivity contribution < 1.29 is 13.9 Å². The fraction of sp³-hybridized carbons (Fsp3) is 0.455. The van der Waals surface area contributed by atoms with E-state index >= 15 is 0 Å². The zero-order valence-corrected chi connectivity index (χ0v) is 8.48. The topological polar surface area (TPSA) is 32.3 Å². The molecule has 2 N–H and O–H groups in total. The van der Waals surface area contributed by atoms with Crippen molar-refractivity contribution in [2.75, 3.05) is 6.54 Å². The average Bonchev–Trinajstić information content (AvgIpc) is 2.50. The Balaban J connectivity index is 2.52. The van der Waals surface area contributed by atoms with E-state index in [0.717, 1.165) is 31.5 Å². The highest BCUT2D eigenvalue weighted by molar-refractivity contribution is 5.40. The summed E-state index contributed by atoms with van der Waals surface area (Å²) < 4.78 is 26.4. The van der Waals surface area contributed by atoms with Gasteiger partial charge in [0.05, 0.1) is 0 Å². The van der Waals surface area contributed by atoms with Crippen LogP contribution in [-0.4, -0.2) is 11.7 Å². The van der Waals surface area contributed by atoms with E-state index in [1.54, 1.807) is 0 Å². The van der Waals surface area contributed by atoms with Crippen molar-refractivity contribution in [3.05, 3.63) is 29.3 Å². The van der Waals surface area contributed by atoms with Crippen LogP contribution < -0.4 is 5.32 Å². The van der Waals surface area contributed by atoms with Crippen molar-refractivity contribution in [2.24, 2.45) is 0 Å². The standard InChI is InChI=1S/C11H13F2NO/c1-11(3-2-4-14-11)10-8(13)5-7(12)6-9(10)15/h5-6,14-15H,2-4H2,1H3. The monoisotopic (exact) mass is 213 g/mol. The third-order valence-electron chi connectivity index (χ3n) is 2.95. The van der Waals surface area contributed by atoms with E-state index in [0.29, 0.717) is 0 Å². The minimum Gasteiger partial charge on any atom is -0.507 e. The number of phenolic OH excluding ortho intramolecular Hbond substituents is 1. The highest BCUT2D eigenvalue weighted by Crippen LogP contribution is 2.37. The summed E-state index contributed by atoms with van der Waals surface area (Å²) in [6, 6.07) is 1.75. The lowest BCUT2D eigenvalue weighted by molar-refractivity contribution is 0.370. The van der Waals surface area contributed by atoms with Gasteiger partial charge in [0.15, 0.2) is 0 Å². The molecule has 0 spiro atoms. The smallest absolute Gasteiger partial charge is 0.134 e. The fourth-order valence-electron chi connectivity index (χ4n) is 2.21. The van der Waals surface area contributed by atoms with Gasteiger partial charge in [0.2, 0.25) is 0 Å². The highest BCUT2D eigenvalue weighted by Gasteiger charge is 2.35. The second-order valence-electron chi connectivity index (χ2n) is 4.14. The van der Waals surface area contributed by atoms with Gasteiger partial charge in [0, 0.05) is 23.2 Å². The van der Waals surface area contributed by atoms with Crippen LogP contribution in [0.25, 0.3) is 0 Å². The first-order chi connectivity index (χ1) is 7.03. The van der Waals surface area contributed by atoms with Gasteiger partial charge in [-0.1, -0.05) is 0 Å². The molecule has 0 saturated carbocycles. The molecule has 1 aromatic rings. The van der Waals surface area contributed by atoms with Crippen molar-refractivity contribution in [3.63, 3.8) is 0 Å². The maximum Gasteiger partial charge on any atom is 0.134 e. The summed E-state index contributed by atoms with van der Waals surface area (Å²) in [6.07, 6.45) is 1.66. The maximum absolute atomic E-state index is 13.6. The van der Waals surface area contributed by atoms with Gasteiger partial charge in [-0.05, 0) is 26.3 Å². The van der Waals surface area contributed by atoms with Crippen LogP contribution in [0.4, 0.5) is 8.78 Å². The van der Waals surface area contributed by atoms with Crippen LogP contribution in [0.3, 0.4) is 0 Å². The molecular weight excluding hydrogens is 200 g/mol. The zero-order valence-electron chi connectivity index (χ0n) is 8.48. The molecule has 1 heterocycles. The maximum atomic E-state index is 13.6. The minimum absolute atomic E-state index is 0.168. The molecule has 1 aliphatic heterocycles. The lowest BCUT2D eigenvalue weighted by atomic mass is 9.89. The predicted molar refractivity (Wildman–Crippen MR) is 52.6 cm³/mol. The Morgan fingerprint density at radius 2 is 2.13 bits per heavy atom. The number of halogens is 2. The van der Waals surface area contributed by atoms with Crippen LogP contribution in [0, 0.1) is 11.6 Å². The molecule has 2 nitrogen and oxygen atoms in total. The van der Waals surface area contributed by atoms with Crippen molar-refractivity contribution in [1.82, 2.24) is 5.32 Å². The second-order valence-corrected chi connectivity index (χ2v) is 4.14. The fourth-order valence-corrected chi connectivity index (χ4v) is 2.21. The molecular formula is C11H13F2NO. The van der Waals surface area contributed by atoms with Crippen molar-refractivity contribution >= 4 is 0 Å². The molecule has 1 fully saturated rings. The van der Waals surface area contributed by atoms with Gasteiger partial charge in [-0.25, -0.2) is 8.78 Å². The first-order valence-corrected chi connectivity index (χ1v) is 4.96. The van der Waals surface area contributed by atoms with Gasteiger partial charge in [-0.15, -0.1) is 0 Å². The summed E-state index contributed by atoms with van der Waals surface area (Å²) in [5.74, 6) is -1.76. The van der Waals surface area contributed by atoms with E-state index in [1.807, 2.05) is 6.92 Å². The minimum atomic E-state index is -0.754. The Morgan fingerprint density at radius 1 is 1.40 bits per heavy atom. The normalized spacial score (nSPS) is 25.8. The Hall–Kier alpha value is -1.16. The second kappa shape index (κ2) is 3.45. The lowest BCUT2D eigenvalue weighted by Gasteiger charge is -2.26. The summed E-state index contributed by atoms with van der Waals surface area (Å²) in [4.78, 5) is 0. The van der Waals surface area contributed by atoms with E-state index in [9.17, 15) is 13.9 Å². The van der Waals surface area contributed by atoms with E-state index in [-0.39, 0.29) is 11.3 Å². The zero-order chi connectivity index (χ0) is 11.1. The molecule has 4 heteroatoms. The Labute approximate surface area is 86.9 Å². The highest BCUT2D eigenvalue weighted by atomic mass is 19.1. The van der Waals surface area contributed by atoms with Gasteiger partial charge in [-0.2, -0.15) is 0 Å². The number of benzene rings is 1. The number of hydrogen-bond acceptors (Lipinski definition) is 2. The van der Waals surface area contributed by atoms with Crippen LogP contribution in [0.2, 0.25) is 0 Å². The number of aromatic hydroxyl groups is 1. The Kier molecular flexibility index (Phi) is 2.38. The third kappa shape index (κ3) is 1.69. The first-order valence-electron chi connectivity index (χ1n) is 4.96. The molecule has 1 unspecified atom stereocenters. The molecule has 1 aromatic carbocycles. The summed E-state index contributed by atoms with van der Waals surface area (Å²) in [7, 11) is 0.